The summed E-state index contributed by atoms with van der Waals surface area (Å²) >= 11 is 0. The highest BCUT2D eigenvalue weighted by Gasteiger charge is 2.22. The van der Waals surface area contributed by atoms with Gasteiger partial charge in [-0.1, -0.05) is 0 Å². The fourth-order valence-electron chi connectivity index (χ4n) is 3.31. The lowest BCUT2D eigenvalue weighted by Crippen LogP contribution is -2.20. The molecule has 0 saturated heterocycles. The van der Waals surface area contributed by atoms with Crippen LogP contribution in [0.5, 0.6) is 0 Å². The largest absolute Gasteiger partial charge is 0.326 e. The molecular weight excluding hydrogens is 314 g/mol. The molecule has 1 aromatic carbocycles. The second-order valence-electron chi connectivity index (χ2n) is 7.01. The molecule has 1 aliphatic carbocycles. The smallest absolute Gasteiger partial charge is 0.255 e. The first kappa shape index (κ1) is 15.8. The van der Waals surface area contributed by atoms with Crippen LogP contribution in [-0.2, 0) is 17.6 Å². The van der Waals surface area contributed by atoms with Crippen molar-refractivity contribution in [2.75, 3.05) is 10.6 Å². The number of carbonyl (C=O) groups excluding carboxylic acids is 2. The van der Waals surface area contributed by atoms with Crippen LogP contribution >= 0.6 is 0 Å². The lowest BCUT2D eigenvalue weighted by atomic mass is 9.98. The molecule has 0 spiro atoms. The van der Waals surface area contributed by atoms with Crippen LogP contribution in [0.15, 0.2) is 30.5 Å². The monoisotopic (exact) mass is 335 g/mol. The lowest BCUT2D eigenvalue weighted by Gasteiger charge is -2.20. The van der Waals surface area contributed by atoms with Crippen LogP contribution in [0.1, 0.15) is 46.4 Å². The van der Waals surface area contributed by atoms with Gasteiger partial charge in [-0.25, -0.2) is 0 Å². The van der Waals surface area contributed by atoms with E-state index in [9.17, 15) is 9.59 Å². The number of hydrogen-bond acceptors (Lipinski definition) is 3. The number of fused-ring (bicyclic) bond motifs is 1. The fourth-order valence-corrected chi connectivity index (χ4v) is 3.31. The molecule has 2 heterocycles. The van der Waals surface area contributed by atoms with Gasteiger partial charge in [0.25, 0.3) is 5.91 Å². The van der Waals surface area contributed by atoms with Crippen molar-refractivity contribution in [3.8, 4) is 0 Å². The normalized spacial score (nSPS) is 16.1. The van der Waals surface area contributed by atoms with Gasteiger partial charge in [-0.3, -0.25) is 14.6 Å². The van der Waals surface area contributed by atoms with Gasteiger partial charge in [0.2, 0.25) is 5.91 Å². The summed E-state index contributed by atoms with van der Waals surface area (Å²) in [6.07, 6.45) is 6.39. The Balaban J connectivity index is 1.52. The summed E-state index contributed by atoms with van der Waals surface area (Å²) in [6.45, 7) is 1.94. The van der Waals surface area contributed by atoms with Crippen LogP contribution in [0.3, 0.4) is 0 Å². The van der Waals surface area contributed by atoms with Gasteiger partial charge in [-0.2, -0.15) is 0 Å². The Morgan fingerprint density at radius 2 is 2.12 bits per heavy atom. The predicted octanol–water partition coefficient (Wildman–Crippen LogP) is 3.48. The molecule has 0 atom stereocenters. The zero-order chi connectivity index (χ0) is 17.4. The van der Waals surface area contributed by atoms with Crippen LogP contribution in [0.2, 0.25) is 0 Å². The number of hydrogen-bond donors (Lipinski definition) is 2. The molecule has 1 aliphatic heterocycles. The van der Waals surface area contributed by atoms with Gasteiger partial charge in [-0.05, 0) is 73.9 Å². The van der Waals surface area contributed by atoms with Crippen molar-refractivity contribution in [3.05, 3.63) is 52.8 Å². The van der Waals surface area contributed by atoms with Gasteiger partial charge >= 0.3 is 0 Å². The van der Waals surface area contributed by atoms with Gasteiger partial charge in [0.15, 0.2) is 0 Å². The SMILES string of the molecule is Cc1cc(NC(=O)c2ccnc(CC3CC3)c2)cc2c1NC(=O)CC2. The number of rotatable bonds is 4. The summed E-state index contributed by atoms with van der Waals surface area (Å²) in [6, 6.07) is 7.48. The van der Waals surface area contributed by atoms with E-state index < -0.39 is 0 Å². The van der Waals surface area contributed by atoms with Crippen molar-refractivity contribution in [1.29, 1.82) is 0 Å². The Hall–Kier alpha value is -2.69. The molecule has 4 rings (SSSR count). The van der Waals surface area contributed by atoms with Crippen molar-refractivity contribution >= 4 is 23.2 Å². The van der Waals surface area contributed by atoms with Crippen LogP contribution < -0.4 is 10.6 Å². The van der Waals surface area contributed by atoms with Gasteiger partial charge in [0.05, 0.1) is 0 Å². The van der Waals surface area contributed by atoms with E-state index in [0.717, 1.165) is 40.5 Å². The van der Waals surface area contributed by atoms with E-state index in [1.165, 1.54) is 12.8 Å². The first-order valence-electron chi connectivity index (χ1n) is 8.78. The van der Waals surface area contributed by atoms with E-state index in [4.69, 9.17) is 0 Å². The maximum absolute atomic E-state index is 12.6. The second kappa shape index (κ2) is 6.31. The molecule has 128 valence electrons. The molecule has 25 heavy (non-hydrogen) atoms. The zero-order valence-corrected chi connectivity index (χ0v) is 14.3. The minimum Gasteiger partial charge on any atom is -0.326 e. The molecule has 0 bridgehead atoms. The summed E-state index contributed by atoms with van der Waals surface area (Å²) in [5.74, 6) is 0.662. The molecule has 2 aromatic rings. The van der Waals surface area contributed by atoms with E-state index in [2.05, 4.69) is 15.6 Å². The standard InChI is InChI=1S/C20H21N3O2/c1-12-8-17(10-14-4-5-18(24)23-19(12)14)22-20(25)15-6-7-21-16(11-15)9-13-2-3-13/h6-8,10-11,13H,2-5,9H2,1H3,(H,22,25)(H,23,24). The summed E-state index contributed by atoms with van der Waals surface area (Å²) in [4.78, 5) is 28.5. The van der Waals surface area contributed by atoms with E-state index in [0.29, 0.717) is 18.4 Å². The van der Waals surface area contributed by atoms with Crippen LogP contribution in [-0.4, -0.2) is 16.8 Å². The molecule has 2 aliphatic rings. The minimum absolute atomic E-state index is 0.0485. The highest BCUT2D eigenvalue weighted by Crippen LogP contribution is 2.32. The Morgan fingerprint density at radius 3 is 2.92 bits per heavy atom. The van der Waals surface area contributed by atoms with Crippen LogP contribution in [0.4, 0.5) is 11.4 Å². The number of carbonyl (C=O) groups is 2. The Labute approximate surface area is 146 Å². The maximum Gasteiger partial charge on any atom is 0.255 e. The number of anilines is 2. The topological polar surface area (TPSA) is 71.1 Å². The summed E-state index contributed by atoms with van der Waals surface area (Å²) in [5.41, 5.74) is 5.29. The third-order valence-electron chi connectivity index (χ3n) is 4.83. The highest BCUT2D eigenvalue weighted by molar-refractivity contribution is 6.05. The summed E-state index contributed by atoms with van der Waals surface area (Å²) in [5, 5.41) is 5.89. The first-order chi connectivity index (χ1) is 12.1. The number of nitrogens with one attached hydrogen (secondary N) is 2. The van der Waals surface area contributed by atoms with Crippen LogP contribution in [0.25, 0.3) is 0 Å². The molecule has 1 saturated carbocycles. The summed E-state index contributed by atoms with van der Waals surface area (Å²) in [7, 11) is 0. The molecular formula is C20H21N3O2. The molecule has 1 aromatic heterocycles. The highest BCUT2D eigenvalue weighted by atomic mass is 16.2. The predicted molar refractivity (Wildman–Crippen MR) is 96.7 cm³/mol. The molecule has 0 radical (unpaired) electrons. The maximum atomic E-state index is 12.6. The number of benzene rings is 1. The van der Waals surface area contributed by atoms with Gasteiger partial charge in [0, 0.05) is 35.2 Å². The number of amides is 2. The second-order valence-corrected chi connectivity index (χ2v) is 7.01. The van der Waals surface area contributed by atoms with E-state index in [-0.39, 0.29) is 11.8 Å². The number of aryl methyl sites for hydroxylation is 2. The van der Waals surface area contributed by atoms with E-state index >= 15 is 0 Å². The fraction of sp³-hybridized carbons (Fsp3) is 0.350. The van der Waals surface area contributed by atoms with Crippen molar-refractivity contribution < 1.29 is 9.59 Å². The molecule has 5 nitrogen and oxygen atoms in total. The average Bonchev–Trinajstić information content (AvgIpc) is 3.40. The third-order valence-corrected chi connectivity index (χ3v) is 4.83. The van der Waals surface area contributed by atoms with Crippen molar-refractivity contribution in [1.82, 2.24) is 4.98 Å². The van der Waals surface area contributed by atoms with Crippen molar-refractivity contribution in [2.24, 2.45) is 5.92 Å². The van der Waals surface area contributed by atoms with Gasteiger partial charge < -0.3 is 10.6 Å². The lowest BCUT2D eigenvalue weighted by molar-refractivity contribution is -0.116. The number of aromatic nitrogens is 1. The van der Waals surface area contributed by atoms with Gasteiger partial charge in [0.1, 0.15) is 0 Å². The Kier molecular flexibility index (Phi) is 3.99. The Morgan fingerprint density at radius 1 is 1.28 bits per heavy atom. The van der Waals surface area contributed by atoms with E-state index in [1.54, 1.807) is 12.3 Å². The quantitative estimate of drug-likeness (QED) is 0.898. The molecule has 0 unspecified atom stereocenters. The number of pyridine rings is 1. The van der Waals surface area contributed by atoms with Crippen LogP contribution in [0, 0.1) is 12.8 Å². The first-order valence-corrected chi connectivity index (χ1v) is 8.78. The molecule has 2 amide bonds. The van der Waals surface area contributed by atoms with Crippen molar-refractivity contribution in [3.63, 3.8) is 0 Å². The zero-order valence-electron chi connectivity index (χ0n) is 14.3. The minimum atomic E-state index is -0.126. The number of nitrogens with zero attached hydrogens (tertiary/aromatic N) is 1. The van der Waals surface area contributed by atoms with Crippen molar-refractivity contribution in [2.45, 2.75) is 39.0 Å². The third kappa shape index (κ3) is 3.55. The van der Waals surface area contributed by atoms with E-state index in [1.807, 2.05) is 25.1 Å². The summed E-state index contributed by atoms with van der Waals surface area (Å²) < 4.78 is 0. The molecule has 2 N–H and O–H groups in total. The molecule has 5 heteroatoms. The van der Waals surface area contributed by atoms with Gasteiger partial charge in [-0.15, -0.1) is 0 Å². The molecule has 1 fully saturated rings. The average molecular weight is 335 g/mol. The Bertz CT molecular complexity index is 856.